The summed E-state index contributed by atoms with van der Waals surface area (Å²) in [4.78, 5) is 0. The first-order valence-corrected chi connectivity index (χ1v) is 6.59. The highest BCUT2D eigenvalue weighted by molar-refractivity contribution is 6.30. The lowest BCUT2D eigenvalue weighted by molar-refractivity contribution is 0.0846. The Labute approximate surface area is 111 Å². The zero-order valence-corrected chi connectivity index (χ0v) is 10.8. The highest BCUT2D eigenvalue weighted by Crippen LogP contribution is 2.33. The van der Waals surface area contributed by atoms with Gasteiger partial charge in [-0.3, -0.25) is 5.10 Å². The highest BCUT2D eigenvalue weighted by Gasteiger charge is 2.21. The molecule has 2 aromatic rings. The maximum absolute atomic E-state index is 6.05. The van der Waals surface area contributed by atoms with E-state index in [0.717, 1.165) is 42.2 Å². The molecule has 0 spiro atoms. The molecule has 18 heavy (non-hydrogen) atoms. The minimum Gasteiger partial charge on any atom is -0.381 e. The first-order valence-electron chi connectivity index (χ1n) is 6.21. The van der Waals surface area contributed by atoms with Crippen LogP contribution in [0.25, 0.3) is 11.1 Å². The van der Waals surface area contributed by atoms with E-state index < -0.39 is 0 Å². The standard InChI is InChI=1S/C14H15ClN2O/c15-12-3-1-2-11(8-12)13-9-16-17-14(13)10-4-6-18-7-5-10/h1-3,8-10H,4-7H2,(H,16,17). The van der Waals surface area contributed by atoms with Gasteiger partial charge in [0, 0.05) is 35.4 Å². The van der Waals surface area contributed by atoms with E-state index in [4.69, 9.17) is 16.3 Å². The summed E-state index contributed by atoms with van der Waals surface area (Å²) >= 11 is 6.05. The van der Waals surface area contributed by atoms with Crippen LogP contribution in [0.1, 0.15) is 24.5 Å². The average molecular weight is 263 g/mol. The first kappa shape index (κ1) is 11.8. The minimum atomic E-state index is 0.509. The van der Waals surface area contributed by atoms with Crippen LogP contribution in [0.4, 0.5) is 0 Å². The number of hydrogen-bond donors (Lipinski definition) is 1. The third-order valence-electron chi connectivity index (χ3n) is 3.43. The Morgan fingerprint density at radius 3 is 2.89 bits per heavy atom. The molecule has 0 amide bonds. The van der Waals surface area contributed by atoms with Crippen molar-refractivity contribution in [3.05, 3.63) is 41.2 Å². The molecule has 4 heteroatoms. The first-order chi connectivity index (χ1) is 8.84. The Morgan fingerprint density at radius 1 is 1.28 bits per heavy atom. The van der Waals surface area contributed by atoms with Crippen LogP contribution in [-0.4, -0.2) is 23.4 Å². The molecular formula is C14H15ClN2O. The summed E-state index contributed by atoms with van der Waals surface area (Å²) in [6, 6.07) is 7.91. The van der Waals surface area contributed by atoms with Crippen LogP contribution < -0.4 is 0 Å². The Morgan fingerprint density at radius 2 is 2.11 bits per heavy atom. The third-order valence-corrected chi connectivity index (χ3v) is 3.67. The van der Waals surface area contributed by atoms with E-state index in [9.17, 15) is 0 Å². The lowest BCUT2D eigenvalue weighted by Gasteiger charge is -2.22. The predicted octanol–water partition coefficient (Wildman–Crippen LogP) is 3.62. The maximum atomic E-state index is 6.05. The maximum Gasteiger partial charge on any atom is 0.0568 e. The summed E-state index contributed by atoms with van der Waals surface area (Å²) in [6.07, 6.45) is 3.99. The van der Waals surface area contributed by atoms with Crippen molar-refractivity contribution in [2.75, 3.05) is 13.2 Å². The van der Waals surface area contributed by atoms with Crippen molar-refractivity contribution in [2.24, 2.45) is 0 Å². The fourth-order valence-corrected chi connectivity index (χ4v) is 2.67. The summed E-state index contributed by atoms with van der Waals surface area (Å²) in [7, 11) is 0. The second kappa shape index (κ2) is 5.12. The number of nitrogens with one attached hydrogen (secondary N) is 1. The average Bonchev–Trinajstić information content (AvgIpc) is 2.89. The number of aromatic nitrogens is 2. The van der Waals surface area contributed by atoms with Crippen LogP contribution in [0.5, 0.6) is 0 Å². The van der Waals surface area contributed by atoms with Gasteiger partial charge in [-0.05, 0) is 30.5 Å². The Hall–Kier alpha value is -1.32. The molecule has 1 saturated heterocycles. The number of aromatic amines is 1. The molecule has 1 aromatic carbocycles. The topological polar surface area (TPSA) is 37.9 Å². The number of halogens is 1. The fraction of sp³-hybridized carbons (Fsp3) is 0.357. The molecule has 0 unspecified atom stereocenters. The minimum absolute atomic E-state index is 0.509. The van der Waals surface area contributed by atoms with Gasteiger partial charge in [-0.25, -0.2) is 0 Å². The number of ether oxygens (including phenoxy) is 1. The Bertz CT molecular complexity index is 532. The van der Waals surface area contributed by atoms with E-state index in [1.165, 1.54) is 5.69 Å². The van der Waals surface area contributed by atoms with Crippen molar-refractivity contribution >= 4 is 11.6 Å². The summed E-state index contributed by atoms with van der Waals surface area (Å²) in [6.45, 7) is 1.66. The molecule has 94 valence electrons. The Kier molecular flexibility index (Phi) is 3.35. The molecule has 1 aliphatic rings. The van der Waals surface area contributed by atoms with Crippen molar-refractivity contribution in [3.8, 4) is 11.1 Å². The van der Waals surface area contributed by atoms with Gasteiger partial charge in [0.25, 0.3) is 0 Å². The normalized spacial score (nSPS) is 16.9. The largest absolute Gasteiger partial charge is 0.381 e. The van der Waals surface area contributed by atoms with Crippen LogP contribution in [0.3, 0.4) is 0 Å². The molecule has 1 aromatic heterocycles. The van der Waals surface area contributed by atoms with Gasteiger partial charge in [-0.2, -0.15) is 5.10 Å². The molecule has 0 aliphatic carbocycles. The van der Waals surface area contributed by atoms with Crippen molar-refractivity contribution in [2.45, 2.75) is 18.8 Å². The lowest BCUT2D eigenvalue weighted by Crippen LogP contribution is -2.15. The number of benzene rings is 1. The molecule has 3 nitrogen and oxygen atoms in total. The number of rotatable bonds is 2. The molecule has 1 fully saturated rings. The van der Waals surface area contributed by atoms with Gasteiger partial charge in [0.15, 0.2) is 0 Å². The fourth-order valence-electron chi connectivity index (χ4n) is 2.48. The van der Waals surface area contributed by atoms with E-state index in [1.54, 1.807) is 0 Å². The van der Waals surface area contributed by atoms with Gasteiger partial charge in [0.1, 0.15) is 0 Å². The third kappa shape index (κ3) is 2.28. The number of H-pyrrole nitrogens is 1. The van der Waals surface area contributed by atoms with E-state index in [2.05, 4.69) is 16.3 Å². The molecule has 0 saturated carbocycles. The predicted molar refractivity (Wildman–Crippen MR) is 71.8 cm³/mol. The quantitative estimate of drug-likeness (QED) is 0.898. The monoisotopic (exact) mass is 262 g/mol. The smallest absolute Gasteiger partial charge is 0.0568 e. The van der Waals surface area contributed by atoms with Gasteiger partial charge in [-0.15, -0.1) is 0 Å². The van der Waals surface area contributed by atoms with Gasteiger partial charge in [0.05, 0.1) is 6.20 Å². The Balaban J connectivity index is 1.95. The van der Waals surface area contributed by atoms with Crippen LogP contribution in [0.2, 0.25) is 5.02 Å². The van der Waals surface area contributed by atoms with Crippen LogP contribution in [0, 0.1) is 0 Å². The van der Waals surface area contributed by atoms with E-state index in [-0.39, 0.29) is 0 Å². The van der Waals surface area contributed by atoms with Crippen LogP contribution in [-0.2, 0) is 4.74 Å². The number of nitrogens with zero attached hydrogens (tertiary/aromatic N) is 1. The lowest BCUT2D eigenvalue weighted by atomic mass is 9.92. The summed E-state index contributed by atoms with van der Waals surface area (Å²) in [5.74, 6) is 0.509. The molecule has 3 rings (SSSR count). The second-order valence-electron chi connectivity index (χ2n) is 4.59. The van der Waals surface area contributed by atoms with E-state index in [0.29, 0.717) is 5.92 Å². The molecule has 1 N–H and O–H groups in total. The van der Waals surface area contributed by atoms with Gasteiger partial charge in [-0.1, -0.05) is 23.7 Å². The summed E-state index contributed by atoms with van der Waals surface area (Å²) in [5.41, 5.74) is 3.49. The highest BCUT2D eigenvalue weighted by atomic mass is 35.5. The summed E-state index contributed by atoms with van der Waals surface area (Å²) in [5, 5.41) is 8.10. The van der Waals surface area contributed by atoms with Crippen molar-refractivity contribution in [1.82, 2.24) is 10.2 Å². The summed E-state index contributed by atoms with van der Waals surface area (Å²) < 4.78 is 5.41. The zero-order chi connectivity index (χ0) is 12.4. The molecular weight excluding hydrogens is 248 g/mol. The van der Waals surface area contributed by atoms with Gasteiger partial charge < -0.3 is 4.74 Å². The van der Waals surface area contributed by atoms with Crippen molar-refractivity contribution in [3.63, 3.8) is 0 Å². The molecule has 0 atom stereocenters. The van der Waals surface area contributed by atoms with Crippen LogP contribution >= 0.6 is 11.6 Å². The van der Waals surface area contributed by atoms with Crippen molar-refractivity contribution < 1.29 is 4.74 Å². The number of hydrogen-bond acceptors (Lipinski definition) is 2. The molecule has 1 aliphatic heterocycles. The molecule has 0 radical (unpaired) electrons. The van der Waals surface area contributed by atoms with Gasteiger partial charge in [0.2, 0.25) is 0 Å². The molecule has 0 bridgehead atoms. The second-order valence-corrected chi connectivity index (χ2v) is 5.03. The van der Waals surface area contributed by atoms with Crippen LogP contribution in [0.15, 0.2) is 30.5 Å². The van der Waals surface area contributed by atoms with E-state index in [1.807, 2.05) is 24.4 Å². The van der Waals surface area contributed by atoms with Crippen molar-refractivity contribution in [1.29, 1.82) is 0 Å². The van der Waals surface area contributed by atoms with E-state index >= 15 is 0 Å². The van der Waals surface area contributed by atoms with Gasteiger partial charge >= 0.3 is 0 Å². The SMILES string of the molecule is Clc1cccc(-c2cn[nH]c2C2CCOCC2)c1. The zero-order valence-electron chi connectivity index (χ0n) is 10.0. The molecule has 2 heterocycles.